The second-order valence-electron chi connectivity index (χ2n) is 4.88. The number of ether oxygens (including phenoxy) is 2. The standard InChI is InChI=1S/C15H22ClNO2/c1-2-17-15(12-6-8-18-9-7-12)11-19-14-5-3-4-13(16)10-14/h3-5,10,12,15,17H,2,6-9,11H2,1H3. The number of benzene rings is 1. The number of nitrogens with one attached hydrogen (secondary N) is 1. The van der Waals surface area contributed by atoms with Crippen LogP contribution in [0.5, 0.6) is 5.75 Å². The highest BCUT2D eigenvalue weighted by Crippen LogP contribution is 2.21. The SMILES string of the molecule is CCNC(COc1cccc(Cl)c1)C1CCOCC1. The van der Waals surface area contributed by atoms with Crippen LogP contribution >= 0.6 is 11.6 Å². The van der Waals surface area contributed by atoms with Gasteiger partial charge in [-0.15, -0.1) is 0 Å². The van der Waals surface area contributed by atoms with Crippen molar-refractivity contribution in [1.29, 1.82) is 0 Å². The summed E-state index contributed by atoms with van der Waals surface area (Å²) in [5.74, 6) is 1.47. The minimum absolute atomic E-state index is 0.382. The molecule has 0 radical (unpaired) electrons. The summed E-state index contributed by atoms with van der Waals surface area (Å²) in [6.07, 6.45) is 2.22. The van der Waals surface area contributed by atoms with Crippen LogP contribution in [0.1, 0.15) is 19.8 Å². The van der Waals surface area contributed by atoms with Crippen molar-refractivity contribution in [3.05, 3.63) is 29.3 Å². The third-order valence-electron chi connectivity index (χ3n) is 3.53. The second-order valence-corrected chi connectivity index (χ2v) is 5.32. The first-order valence-corrected chi connectivity index (χ1v) is 7.37. The molecule has 0 aliphatic carbocycles. The Morgan fingerprint density at radius 1 is 1.42 bits per heavy atom. The zero-order chi connectivity index (χ0) is 13.5. The molecule has 1 saturated heterocycles. The maximum Gasteiger partial charge on any atom is 0.120 e. The minimum atomic E-state index is 0.382. The predicted octanol–water partition coefficient (Wildman–Crippen LogP) is 3.12. The van der Waals surface area contributed by atoms with Gasteiger partial charge in [0.15, 0.2) is 0 Å². The Bertz CT molecular complexity index is 380. The Morgan fingerprint density at radius 3 is 2.89 bits per heavy atom. The fourth-order valence-electron chi connectivity index (χ4n) is 2.48. The zero-order valence-electron chi connectivity index (χ0n) is 11.4. The smallest absolute Gasteiger partial charge is 0.120 e. The van der Waals surface area contributed by atoms with Gasteiger partial charge in [-0.3, -0.25) is 0 Å². The van der Waals surface area contributed by atoms with E-state index in [2.05, 4.69) is 12.2 Å². The number of hydrogen-bond acceptors (Lipinski definition) is 3. The molecule has 1 fully saturated rings. The average molecular weight is 284 g/mol. The molecule has 1 atom stereocenters. The molecular weight excluding hydrogens is 262 g/mol. The molecule has 0 amide bonds. The van der Waals surface area contributed by atoms with Crippen LogP contribution in [-0.4, -0.2) is 32.4 Å². The first kappa shape index (κ1) is 14.6. The molecule has 1 unspecified atom stereocenters. The normalized spacial score (nSPS) is 18.2. The van der Waals surface area contributed by atoms with E-state index in [-0.39, 0.29) is 0 Å². The Kier molecular flexibility index (Phi) is 5.95. The maximum absolute atomic E-state index is 5.96. The van der Waals surface area contributed by atoms with Crippen LogP contribution in [-0.2, 0) is 4.74 Å². The molecule has 3 nitrogen and oxygen atoms in total. The van der Waals surface area contributed by atoms with Crippen molar-refractivity contribution in [3.63, 3.8) is 0 Å². The van der Waals surface area contributed by atoms with Gasteiger partial charge in [0.1, 0.15) is 12.4 Å². The molecule has 2 rings (SSSR count). The highest BCUT2D eigenvalue weighted by Gasteiger charge is 2.23. The summed E-state index contributed by atoms with van der Waals surface area (Å²) in [5, 5.41) is 4.24. The van der Waals surface area contributed by atoms with Crippen molar-refractivity contribution in [2.24, 2.45) is 5.92 Å². The Hall–Kier alpha value is -0.770. The van der Waals surface area contributed by atoms with Crippen LogP contribution < -0.4 is 10.1 Å². The van der Waals surface area contributed by atoms with Gasteiger partial charge in [0.05, 0.1) is 0 Å². The third-order valence-corrected chi connectivity index (χ3v) is 3.76. The van der Waals surface area contributed by atoms with Crippen molar-refractivity contribution < 1.29 is 9.47 Å². The average Bonchev–Trinajstić information content (AvgIpc) is 2.44. The van der Waals surface area contributed by atoms with Crippen LogP contribution in [0.3, 0.4) is 0 Å². The lowest BCUT2D eigenvalue weighted by Crippen LogP contribution is -2.43. The topological polar surface area (TPSA) is 30.5 Å². The van der Waals surface area contributed by atoms with Crippen molar-refractivity contribution in [2.75, 3.05) is 26.4 Å². The van der Waals surface area contributed by atoms with Gasteiger partial charge >= 0.3 is 0 Å². The quantitative estimate of drug-likeness (QED) is 0.870. The van der Waals surface area contributed by atoms with Gasteiger partial charge in [-0.1, -0.05) is 24.6 Å². The molecule has 1 N–H and O–H groups in total. The second kappa shape index (κ2) is 7.73. The van der Waals surface area contributed by atoms with E-state index in [9.17, 15) is 0 Å². The summed E-state index contributed by atoms with van der Waals surface area (Å²) >= 11 is 5.96. The van der Waals surface area contributed by atoms with Crippen molar-refractivity contribution in [2.45, 2.75) is 25.8 Å². The van der Waals surface area contributed by atoms with Crippen LogP contribution in [0.25, 0.3) is 0 Å². The van der Waals surface area contributed by atoms with Crippen molar-refractivity contribution in [1.82, 2.24) is 5.32 Å². The van der Waals surface area contributed by atoms with E-state index in [1.807, 2.05) is 24.3 Å². The van der Waals surface area contributed by atoms with Gasteiger partial charge in [-0.05, 0) is 43.5 Å². The van der Waals surface area contributed by atoms with Crippen LogP contribution in [0.4, 0.5) is 0 Å². The van der Waals surface area contributed by atoms with E-state index in [1.54, 1.807) is 0 Å². The number of likely N-dealkylation sites (N-methyl/N-ethyl adjacent to an activating group) is 1. The summed E-state index contributed by atoms with van der Waals surface area (Å²) in [7, 11) is 0. The van der Waals surface area contributed by atoms with Crippen molar-refractivity contribution in [3.8, 4) is 5.75 Å². The molecule has 1 aliphatic rings. The van der Waals surface area contributed by atoms with E-state index in [1.165, 1.54) is 0 Å². The molecular formula is C15H22ClNO2. The molecule has 0 aromatic heterocycles. The highest BCUT2D eigenvalue weighted by molar-refractivity contribution is 6.30. The van der Waals surface area contributed by atoms with Gasteiger partial charge in [-0.25, -0.2) is 0 Å². The summed E-state index contributed by atoms with van der Waals surface area (Å²) in [6.45, 7) is 5.50. The molecule has 1 aromatic carbocycles. The predicted molar refractivity (Wildman–Crippen MR) is 78.0 cm³/mol. The Labute approximate surface area is 120 Å². The number of hydrogen-bond donors (Lipinski definition) is 1. The first-order valence-electron chi connectivity index (χ1n) is 6.99. The molecule has 1 heterocycles. The van der Waals surface area contributed by atoms with Crippen LogP contribution in [0.15, 0.2) is 24.3 Å². The molecule has 0 bridgehead atoms. The largest absolute Gasteiger partial charge is 0.492 e. The molecule has 1 aromatic rings. The van der Waals surface area contributed by atoms with Crippen LogP contribution in [0, 0.1) is 5.92 Å². The molecule has 0 spiro atoms. The summed E-state index contributed by atoms with van der Waals surface area (Å²) < 4.78 is 11.3. The molecule has 1 aliphatic heterocycles. The van der Waals surface area contributed by atoms with E-state index in [4.69, 9.17) is 21.1 Å². The number of halogens is 1. The minimum Gasteiger partial charge on any atom is -0.492 e. The lowest BCUT2D eigenvalue weighted by molar-refractivity contribution is 0.0463. The Morgan fingerprint density at radius 2 is 2.21 bits per heavy atom. The third kappa shape index (κ3) is 4.68. The Balaban J connectivity index is 1.89. The van der Waals surface area contributed by atoms with Gasteiger partial charge in [-0.2, -0.15) is 0 Å². The van der Waals surface area contributed by atoms with Gasteiger partial charge < -0.3 is 14.8 Å². The lowest BCUT2D eigenvalue weighted by atomic mass is 9.92. The van der Waals surface area contributed by atoms with E-state index < -0.39 is 0 Å². The van der Waals surface area contributed by atoms with Crippen LogP contribution in [0.2, 0.25) is 5.02 Å². The first-order chi connectivity index (χ1) is 9.29. The van der Waals surface area contributed by atoms with Crippen molar-refractivity contribution >= 4 is 11.6 Å². The fourth-order valence-corrected chi connectivity index (χ4v) is 2.67. The number of rotatable bonds is 6. The maximum atomic E-state index is 5.96. The molecule has 106 valence electrons. The summed E-state index contributed by atoms with van der Waals surface area (Å²) in [6, 6.07) is 7.95. The molecule has 0 saturated carbocycles. The van der Waals surface area contributed by atoms with E-state index in [0.717, 1.165) is 38.3 Å². The van der Waals surface area contributed by atoms with Gasteiger partial charge in [0, 0.05) is 24.3 Å². The van der Waals surface area contributed by atoms with E-state index >= 15 is 0 Å². The monoisotopic (exact) mass is 283 g/mol. The highest BCUT2D eigenvalue weighted by atomic mass is 35.5. The van der Waals surface area contributed by atoms with E-state index in [0.29, 0.717) is 23.6 Å². The zero-order valence-corrected chi connectivity index (χ0v) is 12.2. The molecule has 4 heteroatoms. The summed E-state index contributed by atoms with van der Waals surface area (Å²) in [4.78, 5) is 0. The van der Waals surface area contributed by atoms with Gasteiger partial charge in [0.2, 0.25) is 0 Å². The fraction of sp³-hybridized carbons (Fsp3) is 0.600. The summed E-state index contributed by atoms with van der Waals surface area (Å²) in [5.41, 5.74) is 0. The molecule has 19 heavy (non-hydrogen) atoms. The van der Waals surface area contributed by atoms with Gasteiger partial charge in [0.25, 0.3) is 0 Å². The lowest BCUT2D eigenvalue weighted by Gasteiger charge is -2.30.